The van der Waals surface area contributed by atoms with E-state index in [9.17, 15) is 4.39 Å². The normalized spacial score (nSPS) is 9.71. The van der Waals surface area contributed by atoms with Gasteiger partial charge in [-0.15, -0.1) is 0 Å². The van der Waals surface area contributed by atoms with Crippen molar-refractivity contribution in [2.75, 3.05) is 11.9 Å². The van der Waals surface area contributed by atoms with Gasteiger partial charge in [0.1, 0.15) is 11.6 Å². The standard InChI is InChI=1S/C13H10FN3/c1-17(12-5-3-2-4-11(12)14)13-8-10(9-15)6-7-16-13/h2-8H,1H3. The van der Waals surface area contributed by atoms with Crippen molar-refractivity contribution in [2.45, 2.75) is 0 Å². The minimum Gasteiger partial charge on any atom is -0.327 e. The number of hydrogen-bond donors (Lipinski definition) is 0. The molecule has 0 spiro atoms. The van der Waals surface area contributed by atoms with E-state index in [0.29, 0.717) is 17.1 Å². The van der Waals surface area contributed by atoms with Crippen LogP contribution < -0.4 is 4.90 Å². The van der Waals surface area contributed by atoms with Gasteiger partial charge in [-0.2, -0.15) is 5.26 Å². The maximum atomic E-state index is 13.6. The number of pyridine rings is 1. The van der Waals surface area contributed by atoms with Gasteiger partial charge in [0.05, 0.1) is 17.3 Å². The van der Waals surface area contributed by atoms with E-state index in [1.165, 1.54) is 12.3 Å². The molecule has 1 heterocycles. The molecule has 0 saturated carbocycles. The Bertz CT molecular complexity index is 575. The van der Waals surface area contributed by atoms with Gasteiger partial charge in [-0.05, 0) is 24.3 Å². The number of nitriles is 1. The largest absolute Gasteiger partial charge is 0.327 e. The first kappa shape index (κ1) is 11.1. The summed E-state index contributed by atoms with van der Waals surface area (Å²) in [6.45, 7) is 0. The Morgan fingerprint density at radius 2 is 2.06 bits per heavy atom. The highest BCUT2D eigenvalue weighted by Crippen LogP contribution is 2.24. The summed E-state index contributed by atoms with van der Waals surface area (Å²) in [6.07, 6.45) is 1.53. The minimum atomic E-state index is -0.320. The van der Waals surface area contributed by atoms with Crippen LogP contribution in [0.3, 0.4) is 0 Å². The van der Waals surface area contributed by atoms with Crippen molar-refractivity contribution in [1.29, 1.82) is 5.26 Å². The number of nitrogens with zero attached hydrogens (tertiary/aromatic N) is 3. The van der Waals surface area contributed by atoms with Crippen LogP contribution in [0.2, 0.25) is 0 Å². The van der Waals surface area contributed by atoms with E-state index in [2.05, 4.69) is 4.98 Å². The average Bonchev–Trinajstić information content (AvgIpc) is 2.38. The number of benzene rings is 1. The quantitative estimate of drug-likeness (QED) is 0.792. The molecule has 1 aromatic carbocycles. The van der Waals surface area contributed by atoms with Crippen molar-refractivity contribution in [2.24, 2.45) is 0 Å². The number of halogens is 1. The van der Waals surface area contributed by atoms with E-state index in [0.717, 1.165) is 0 Å². The van der Waals surface area contributed by atoms with Gasteiger partial charge in [0.25, 0.3) is 0 Å². The highest BCUT2D eigenvalue weighted by molar-refractivity contribution is 5.60. The van der Waals surface area contributed by atoms with Crippen molar-refractivity contribution in [3.05, 3.63) is 54.0 Å². The molecule has 0 atom stereocenters. The van der Waals surface area contributed by atoms with Crippen LogP contribution in [0.15, 0.2) is 42.6 Å². The summed E-state index contributed by atoms with van der Waals surface area (Å²) in [6, 6.07) is 11.7. The number of rotatable bonds is 2. The van der Waals surface area contributed by atoms with E-state index in [1.54, 1.807) is 42.3 Å². The molecule has 0 fully saturated rings. The molecule has 0 N–H and O–H groups in total. The fourth-order valence-electron chi connectivity index (χ4n) is 1.52. The molecule has 0 amide bonds. The van der Waals surface area contributed by atoms with Gasteiger partial charge in [0.2, 0.25) is 0 Å². The summed E-state index contributed by atoms with van der Waals surface area (Å²) in [5, 5.41) is 8.80. The molecular formula is C13H10FN3. The van der Waals surface area contributed by atoms with Gasteiger partial charge in [-0.1, -0.05) is 12.1 Å². The molecule has 2 rings (SSSR count). The third-order valence-electron chi connectivity index (χ3n) is 2.43. The third kappa shape index (κ3) is 2.23. The average molecular weight is 227 g/mol. The Morgan fingerprint density at radius 1 is 1.29 bits per heavy atom. The fourth-order valence-corrected chi connectivity index (χ4v) is 1.52. The second-order valence-corrected chi connectivity index (χ2v) is 3.52. The summed E-state index contributed by atoms with van der Waals surface area (Å²) in [5.74, 6) is 0.216. The monoisotopic (exact) mass is 227 g/mol. The zero-order chi connectivity index (χ0) is 12.3. The van der Waals surface area contributed by atoms with E-state index in [1.807, 2.05) is 6.07 Å². The van der Waals surface area contributed by atoms with Crippen LogP contribution in [0.1, 0.15) is 5.56 Å². The highest BCUT2D eigenvalue weighted by atomic mass is 19.1. The van der Waals surface area contributed by atoms with Gasteiger partial charge < -0.3 is 4.90 Å². The minimum absolute atomic E-state index is 0.320. The molecule has 0 aliphatic rings. The van der Waals surface area contributed by atoms with Gasteiger partial charge >= 0.3 is 0 Å². The van der Waals surface area contributed by atoms with Crippen LogP contribution in [0.4, 0.5) is 15.9 Å². The Labute approximate surface area is 98.8 Å². The molecule has 0 aliphatic carbocycles. The first-order valence-corrected chi connectivity index (χ1v) is 5.07. The summed E-state index contributed by atoms with van der Waals surface area (Å²) >= 11 is 0. The van der Waals surface area contributed by atoms with Crippen LogP contribution in [0.5, 0.6) is 0 Å². The summed E-state index contributed by atoms with van der Waals surface area (Å²) in [7, 11) is 1.71. The Hall–Kier alpha value is -2.41. The van der Waals surface area contributed by atoms with E-state index in [4.69, 9.17) is 5.26 Å². The number of para-hydroxylation sites is 1. The van der Waals surface area contributed by atoms with Gasteiger partial charge in [-0.3, -0.25) is 0 Å². The smallest absolute Gasteiger partial charge is 0.146 e. The maximum absolute atomic E-state index is 13.6. The third-order valence-corrected chi connectivity index (χ3v) is 2.43. The lowest BCUT2D eigenvalue weighted by Crippen LogP contribution is -2.12. The van der Waals surface area contributed by atoms with E-state index in [-0.39, 0.29) is 5.82 Å². The maximum Gasteiger partial charge on any atom is 0.146 e. The fraction of sp³-hybridized carbons (Fsp3) is 0.0769. The molecule has 84 valence electrons. The molecule has 2 aromatic rings. The molecule has 17 heavy (non-hydrogen) atoms. The predicted octanol–water partition coefficient (Wildman–Crippen LogP) is 2.86. The second-order valence-electron chi connectivity index (χ2n) is 3.52. The predicted molar refractivity (Wildman–Crippen MR) is 63.4 cm³/mol. The SMILES string of the molecule is CN(c1cc(C#N)ccn1)c1ccccc1F. The topological polar surface area (TPSA) is 39.9 Å². The second kappa shape index (κ2) is 4.62. The van der Waals surface area contributed by atoms with Crippen molar-refractivity contribution in [3.63, 3.8) is 0 Å². The molecule has 0 unspecified atom stereocenters. The van der Waals surface area contributed by atoms with Gasteiger partial charge in [0.15, 0.2) is 0 Å². The molecule has 0 aliphatic heterocycles. The lowest BCUT2D eigenvalue weighted by molar-refractivity contribution is 0.627. The van der Waals surface area contributed by atoms with Gasteiger partial charge in [0, 0.05) is 13.2 Å². The Morgan fingerprint density at radius 3 is 2.76 bits per heavy atom. The summed E-state index contributed by atoms with van der Waals surface area (Å²) in [4.78, 5) is 5.72. The Kier molecular flexibility index (Phi) is 3.01. The molecular weight excluding hydrogens is 217 g/mol. The van der Waals surface area contributed by atoms with Crippen molar-refractivity contribution in [1.82, 2.24) is 4.98 Å². The lowest BCUT2D eigenvalue weighted by atomic mass is 10.2. The number of aromatic nitrogens is 1. The molecule has 0 radical (unpaired) electrons. The molecule has 4 heteroatoms. The molecule has 3 nitrogen and oxygen atoms in total. The first-order valence-electron chi connectivity index (χ1n) is 5.07. The van der Waals surface area contributed by atoms with Crippen molar-refractivity contribution >= 4 is 11.5 Å². The first-order chi connectivity index (χ1) is 8.22. The van der Waals surface area contributed by atoms with Crippen molar-refractivity contribution < 1.29 is 4.39 Å². The van der Waals surface area contributed by atoms with Gasteiger partial charge in [-0.25, -0.2) is 9.37 Å². The van der Waals surface area contributed by atoms with Crippen LogP contribution in [0, 0.1) is 17.1 Å². The van der Waals surface area contributed by atoms with Crippen LogP contribution >= 0.6 is 0 Å². The van der Waals surface area contributed by atoms with Crippen molar-refractivity contribution in [3.8, 4) is 6.07 Å². The van der Waals surface area contributed by atoms with E-state index >= 15 is 0 Å². The lowest BCUT2D eigenvalue weighted by Gasteiger charge is -2.18. The summed E-state index contributed by atoms with van der Waals surface area (Å²) < 4.78 is 13.6. The number of hydrogen-bond acceptors (Lipinski definition) is 3. The highest BCUT2D eigenvalue weighted by Gasteiger charge is 2.09. The van der Waals surface area contributed by atoms with Crippen LogP contribution in [0.25, 0.3) is 0 Å². The molecule has 0 bridgehead atoms. The molecule has 0 saturated heterocycles. The van der Waals surface area contributed by atoms with Crippen LogP contribution in [-0.4, -0.2) is 12.0 Å². The molecule has 1 aromatic heterocycles. The summed E-state index contributed by atoms with van der Waals surface area (Å²) in [5.41, 5.74) is 0.924. The zero-order valence-electron chi connectivity index (χ0n) is 9.26. The van der Waals surface area contributed by atoms with Crippen LogP contribution in [-0.2, 0) is 0 Å². The van der Waals surface area contributed by atoms with E-state index < -0.39 is 0 Å². The Balaban J connectivity index is 2.41. The number of anilines is 2. The zero-order valence-corrected chi connectivity index (χ0v) is 9.26.